The summed E-state index contributed by atoms with van der Waals surface area (Å²) in [5.74, 6) is -0.350. The van der Waals surface area contributed by atoms with Crippen LogP contribution < -0.4 is 14.4 Å². The highest BCUT2D eigenvalue weighted by molar-refractivity contribution is 7.93. The number of hydrogen-bond donors (Lipinski definition) is 1. The van der Waals surface area contributed by atoms with Gasteiger partial charge in [0.05, 0.1) is 28.6 Å². The van der Waals surface area contributed by atoms with Crippen LogP contribution >= 0.6 is 11.6 Å². The maximum absolute atomic E-state index is 13.5. The zero-order valence-corrected chi connectivity index (χ0v) is 21.7. The molecule has 8 nitrogen and oxygen atoms in total. The Kier molecular flexibility index (Phi) is 8.09. The van der Waals surface area contributed by atoms with Crippen molar-refractivity contribution >= 4 is 43.1 Å². The van der Waals surface area contributed by atoms with Crippen molar-refractivity contribution in [2.75, 3.05) is 24.2 Å². The fourth-order valence-electron chi connectivity index (χ4n) is 3.38. The molecule has 0 saturated heterocycles. The molecule has 1 unspecified atom stereocenters. The van der Waals surface area contributed by atoms with E-state index in [0.717, 1.165) is 10.6 Å². The first-order valence-corrected chi connectivity index (χ1v) is 14.1. The first-order valence-electron chi connectivity index (χ1n) is 10.4. The van der Waals surface area contributed by atoms with Gasteiger partial charge in [0.15, 0.2) is 9.84 Å². The minimum absolute atomic E-state index is 0.000703. The molecular weight excluding hydrogens is 512 g/mol. The van der Waals surface area contributed by atoms with Crippen LogP contribution in [0.1, 0.15) is 18.5 Å². The van der Waals surface area contributed by atoms with Gasteiger partial charge in [0.1, 0.15) is 12.3 Å². The van der Waals surface area contributed by atoms with Crippen LogP contribution in [0.4, 0.5) is 5.69 Å². The van der Waals surface area contributed by atoms with Gasteiger partial charge in [-0.15, -0.1) is 0 Å². The van der Waals surface area contributed by atoms with Crippen LogP contribution in [0.3, 0.4) is 0 Å². The number of carbonyl (C=O) groups excluding carboxylic acids is 1. The molecule has 0 spiro atoms. The number of sulfone groups is 1. The van der Waals surface area contributed by atoms with Crippen molar-refractivity contribution < 1.29 is 26.4 Å². The molecule has 3 rings (SSSR count). The fraction of sp³-hybridized carbons (Fsp3) is 0.208. The van der Waals surface area contributed by atoms with Gasteiger partial charge in [0, 0.05) is 11.3 Å². The quantitative estimate of drug-likeness (QED) is 0.445. The summed E-state index contributed by atoms with van der Waals surface area (Å²) in [6.45, 7) is 1.17. The summed E-state index contributed by atoms with van der Waals surface area (Å²) >= 11 is 6.14. The summed E-state index contributed by atoms with van der Waals surface area (Å²) in [6, 6.07) is 17.8. The van der Waals surface area contributed by atoms with Gasteiger partial charge in [-0.05, 0) is 55.0 Å². The number of sulfonamides is 1. The number of halogens is 1. The number of methoxy groups -OCH3 is 1. The van der Waals surface area contributed by atoms with Gasteiger partial charge in [-0.3, -0.25) is 9.10 Å². The molecule has 0 aliphatic heterocycles. The van der Waals surface area contributed by atoms with Crippen LogP contribution in [0.5, 0.6) is 5.75 Å². The van der Waals surface area contributed by atoms with Gasteiger partial charge in [-0.2, -0.15) is 0 Å². The van der Waals surface area contributed by atoms with Gasteiger partial charge in [-0.1, -0.05) is 41.9 Å². The van der Waals surface area contributed by atoms with Crippen LogP contribution in [0, 0.1) is 0 Å². The molecule has 0 aromatic heterocycles. The van der Waals surface area contributed by atoms with E-state index >= 15 is 0 Å². The van der Waals surface area contributed by atoms with E-state index in [1.165, 1.54) is 43.5 Å². The second kappa shape index (κ2) is 10.7. The largest absolute Gasteiger partial charge is 0.495 e. The Morgan fingerprint density at radius 1 is 0.971 bits per heavy atom. The standard InChI is InChI=1S/C24H25ClN2O6S2/c1-17(18-9-12-20(13-10-18)34(3,29)30)26-24(28)16-27(22-15-19(25)11-14-23(22)33-2)35(31,32)21-7-5-4-6-8-21/h4-15,17H,16H2,1-3H3,(H,26,28). The summed E-state index contributed by atoms with van der Waals surface area (Å²) in [5.41, 5.74) is 0.771. The predicted octanol–water partition coefficient (Wildman–Crippen LogP) is 3.82. The van der Waals surface area contributed by atoms with Crippen molar-refractivity contribution in [3.63, 3.8) is 0 Å². The van der Waals surface area contributed by atoms with E-state index < -0.39 is 38.4 Å². The lowest BCUT2D eigenvalue weighted by Crippen LogP contribution is -2.41. The second-order valence-corrected chi connectivity index (χ2v) is 12.1. The van der Waals surface area contributed by atoms with E-state index in [-0.39, 0.29) is 26.3 Å². The molecule has 3 aromatic carbocycles. The number of benzene rings is 3. The molecule has 35 heavy (non-hydrogen) atoms. The zero-order valence-electron chi connectivity index (χ0n) is 19.3. The van der Waals surface area contributed by atoms with Crippen LogP contribution in [0.25, 0.3) is 0 Å². The van der Waals surface area contributed by atoms with Crippen LogP contribution in [0.2, 0.25) is 5.02 Å². The van der Waals surface area contributed by atoms with Crippen molar-refractivity contribution in [3.05, 3.63) is 83.4 Å². The van der Waals surface area contributed by atoms with E-state index in [1.807, 2.05) is 0 Å². The third-order valence-electron chi connectivity index (χ3n) is 5.21. The summed E-state index contributed by atoms with van der Waals surface area (Å²) in [4.78, 5) is 13.2. The lowest BCUT2D eigenvalue weighted by molar-refractivity contribution is -0.120. The average Bonchev–Trinajstić information content (AvgIpc) is 2.82. The Bertz CT molecular complexity index is 1410. The van der Waals surface area contributed by atoms with Crippen LogP contribution in [0.15, 0.2) is 82.6 Å². The lowest BCUT2D eigenvalue weighted by atomic mass is 10.1. The average molecular weight is 537 g/mol. The third-order valence-corrected chi connectivity index (χ3v) is 8.35. The first-order chi connectivity index (χ1) is 16.4. The molecule has 0 bridgehead atoms. The molecule has 0 heterocycles. The smallest absolute Gasteiger partial charge is 0.264 e. The van der Waals surface area contributed by atoms with E-state index in [1.54, 1.807) is 43.3 Å². The zero-order chi connectivity index (χ0) is 25.8. The molecule has 1 amide bonds. The predicted molar refractivity (Wildman–Crippen MR) is 135 cm³/mol. The molecule has 1 atom stereocenters. The normalized spacial score (nSPS) is 12.6. The molecule has 0 radical (unpaired) electrons. The van der Waals surface area contributed by atoms with Gasteiger partial charge in [0.25, 0.3) is 10.0 Å². The van der Waals surface area contributed by atoms with Gasteiger partial charge >= 0.3 is 0 Å². The number of nitrogens with zero attached hydrogens (tertiary/aromatic N) is 1. The monoisotopic (exact) mass is 536 g/mol. The fourth-order valence-corrected chi connectivity index (χ4v) is 5.62. The van der Waals surface area contributed by atoms with E-state index in [2.05, 4.69) is 5.32 Å². The molecule has 0 fully saturated rings. The number of amides is 1. The highest BCUT2D eigenvalue weighted by atomic mass is 35.5. The molecule has 11 heteroatoms. The molecule has 186 valence electrons. The van der Waals surface area contributed by atoms with Crippen molar-refractivity contribution in [1.82, 2.24) is 5.32 Å². The highest BCUT2D eigenvalue weighted by Crippen LogP contribution is 2.34. The SMILES string of the molecule is COc1ccc(Cl)cc1N(CC(=O)NC(C)c1ccc(S(C)(=O)=O)cc1)S(=O)(=O)c1ccccc1. The Balaban J connectivity index is 1.92. The number of anilines is 1. The van der Waals surface area contributed by atoms with E-state index in [4.69, 9.17) is 16.3 Å². The number of carbonyl (C=O) groups is 1. The molecule has 0 aliphatic carbocycles. The molecule has 0 saturated carbocycles. The Morgan fingerprint density at radius 3 is 2.17 bits per heavy atom. The van der Waals surface area contributed by atoms with Crippen LogP contribution in [-0.2, 0) is 24.7 Å². The van der Waals surface area contributed by atoms with E-state index in [9.17, 15) is 21.6 Å². The minimum Gasteiger partial charge on any atom is -0.495 e. The molecule has 1 N–H and O–H groups in total. The Labute approximate surface area is 210 Å². The number of ether oxygens (including phenoxy) is 1. The summed E-state index contributed by atoms with van der Waals surface area (Å²) in [7, 11) is -6.11. The molecular formula is C24H25ClN2O6S2. The van der Waals surface area contributed by atoms with Crippen LogP contribution in [-0.4, -0.2) is 42.7 Å². The molecule has 0 aliphatic rings. The number of nitrogens with one attached hydrogen (secondary N) is 1. The summed E-state index contributed by atoms with van der Waals surface area (Å²) in [6.07, 6.45) is 1.11. The maximum atomic E-state index is 13.5. The van der Waals surface area contributed by atoms with Gasteiger partial charge in [-0.25, -0.2) is 16.8 Å². The van der Waals surface area contributed by atoms with E-state index in [0.29, 0.717) is 5.56 Å². The minimum atomic E-state index is -4.15. The second-order valence-electron chi connectivity index (χ2n) is 7.77. The first kappa shape index (κ1) is 26.5. The van der Waals surface area contributed by atoms with Crippen molar-refractivity contribution in [2.24, 2.45) is 0 Å². The van der Waals surface area contributed by atoms with Crippen molar-refractivity contribution in [2.45, 2.75) is 22.8 Å². The van der Waals surface area contributed by atoms with Gasteiger partial charge in [0.2, 0.25) is 5.91 Å². The van der Waals surface area contributed by atoms with Crippen molar-refractivity contribution in [1.29, 1.82) is 0 Å². The maximum Gasteiger partial charge on any atom is 0.264 e. The highest BCUT2D eigenvalue weighted by Gasteiger charge is 2.30. The number of hydrogen-bond acceptors (Lipinski definition) is 6. The van der Waals surface area contributed by atoms with Crippen molar-refractivity contribution in [3.8, 4) is 5.75 Å². The Morgan fingerprint density at radius 2 is 1.60 bits per heavy atom. The number of rotatable bonds is 9. The summed E-state index contributed by atoms with van der Waals surface area (Å²) in [5, 5.41) is 3.03. The summed E-state index contributed by atoms with van der Waals surface area (Å²) < 4.78 is 56.7. The molecule has 3 aromatic rings. The topological polar surface area (TPSA) is 110 Å². The lowest BCUT2D eigenvalue weighted by Gasteiger charge is -2.26. The Hall–Kier alpha value is -3.08. The van der Waals surface area contributed by atoms with Gasteiger partial charge < -0.3 is 10.1 Å². The third kappa shape index (κ3) is 6.33.